The molecule has 0 spiro atoms. The van der Waals surface area contributed by atoms with E-state index in [-0.39, 0.29) is 5.25 Å². The van der Waals surface area contributed by atoms with E-state index in [1.54, 1.807) is 0 Å². The number of aliphatic hydroxyl groups is 1. The molecule has 5 nitrogen and oxygen atoms in total. The van der Waals surface area contributed by atoms with Crippen LogP contribution < -0.4 is 0 Å². The molecule has 1 saturated carbocycles. The monoisotopic (exact) mass is 452 g/mol. The lowest BCUT2D eigenvalue weighted by Gasteiger charge is -2.35. The average molecular weight is 453 g/mol. The first-order valence-electron chi connectivity index (χ1n) is 11.9. The van der Waals surface area contributed by atoms with Gasteiger partial charge < -0.3 is 14.9 Å². The smallest absolute Gasteiger partial charge is 0.365 e. The molecule has 0 bridgehead atoms. The van der Waals surface area contributed by atoms with E-state index >= 15 is 0 Å². The summed E-state index contributed by atoms with van der Waals surface area (Å²) in [6.45, 7) is 2.27. The van der Waals surface area contributed by atoms with Gasteiger partial charge in [-0.3, -0.25) is 4.52 Å². The number of rotatable bonds is 18. The first kappa shape index (κ1) is 27.5. The maximum absolute atomic E-state index is 11.0. The minimum atomic E-state index is -4.65. The number of thioether (sulfide) groups is 1. The highest BCUT2D eigenvalue weighted by molar-refractivity contribution is 7.99. The van der Waals surface area contributed by atoms with Crippen molar-refractivity contribution in [1.82, 2.24) is 0 Å². The Morgan fingerprint density at radius 1 is 0.897 bits per heavy atom. The quantitative estimate of drug-likeness (QED) is 0.119. The molecule has 29 heavy (non-hydrogen) atoms. The van der Waals surface area contributed by atoms with Crippen molar-refractivity contribution < 1.29 is 24.0 Å². The van der Waals surface area contributed by atoms with E-state index in [9.17, 15) is 9.67 Å². The fourth-order valence-corrected chi connectivity index (χ4v) is 6.18. The molecule has 0 aromatic carbocycles. The molecule has 0 aliphatic heterocycles. The van der Waals surface area contributed by atoms with Crippen LogP contribution in [-0.4, -0.2) is 31.7 Å². The summed E-state index contributed by atoms with van der Waals surface area (Å²) in [5, 5.41) is 10.5. The van der Waals surface area contributed by atoms with Gasteiger partial charge in [-0.1, -0.05) is 90.4 Å². The zero-order chi connectivity index (χ0) is 21.4. The molecular formula is C22H45O5PS. The Labute approximate surface area is 183 Å². The molecular weight excluding hydrogens is 407 g/mol. The third kappa shape index (κ3) is 15.8. The van der Waals surface area contributed by atoms with Crippen LogP contribution in [-0.2, 0) is 9.09 Å². The van der Waals surface area contributed by atoms with Gasteiger partial charge in [-0.05, 0) is 25.0 Å². The van der Waals surface area contributed by atoms with Crippen molar-refractivity contribution in [2.45, 2.75) is 134 Å². The number of hydrogen-bond donors (Lipinski definition) is 3. The van der Waals surface area contributed by atoms with E-state index in [1.165, 1.54) is 89.9 Å². The van der Waals surface area contributed by atoms with Gasteiger partial charge in [0.2, 0.25) is 0 Å². The lowest BCUT2D eigenvalue weighted by atomic mass is 9.94. The fraction of sp³-hybridized carbons (Fsp3) is 1.00. The second-order valence-corrected chi connectivity index (χ2v) is 11.3. The largest absolute Gasteiger partial charge is 0.472 e. The molecule has 1 fully saturated rings. The minimum Gasteiger partial charge on any atom is -0.365 e. The summed E-state index contributed by atoms with van der Waals surface area (Å²) >= 11 is 1.82. The van der Waals surface area contributed by atoms with E-state index < -0.39 is 13.6 Å². The Morgan fingerprint density at radius 3 is 1.86 bits per heavy atom. The standard InChI is InChI=1S/C22H45O5PS/c1-2-3-4-5-6-7-8-9-10-11-12-13-14-15-19-29-21-17-16-18-22(23,20-21)27-28(24,25)26/h21,23H,2-20H2,1H3,(H2,24,25,26)/t21-,22+/m1/s1. The third-order valence-corrected chi connectivity index (χ3v) is 7.76. The van der Waals surface area contributed by atoms with Crippen LogP contribution in [0.4, 0.5) is 0 Å². The molecule has 0 radical (unpaired) electrons. The van der Waals surface area contributed by atoms with Crippen LogP contribution in [0.2, 0.25) is 0 Å². The summed E-state index contributed by atoms with van der Waals surface area (Å²) < 4.78 is 15.7. The summed E-state index contributed by atoms with van der Waals surface area (Å²) in [5.41, 5.74) is 0. The van der Waals surface area contributed by atoms with E-state index in [0.29, 0.717) is 12.8 Å². The summed E-state index contributed by atoms with van der Waals surface area (Å²) in [6, 6.07) is 0. The summed E-state index contributed by atoms with van der Waals surface area (Å²) in [7, 11) is -4.65. The molecule has 0 aromatic heterocycles. The van der Waals surface area contributed by atoms with Crippen molar-refractivity contribution in [2.24, 2.45) is 0 Å². The summed E-state index contributed by atoms with van der Waals surface area (Å²) in [5.74, 6) is -0.612. The van der Waals surface area contributed by atoms with Gasteiger partial charge in [0.05, 0.1) is 0 Å². The zero-order valence-electron chi connectivity index (χ0n) is 18.5. The zero-order valence-corrected chi connectivity index (χ0v) is 20.2. The van der Waals surface area contributed by atoms with Crippen molar-refractivity contribution in [1.29, 1.82) is 0 Å². The Kier molecular flexibility index (Phi) is 15.3. The van der Waals surface area contributed by atoms with Gasteiger partial charge in [-0.2, -0.15) is 11.8 Å². The molecule has 1 rings (SSSR count). The molecule has 1 aliphatic carbocycles. The van der Waals surface area contributed by atoms with Crippen LogP contribution in [0.1, 0.15) is 122 Å². The third-order valence-electron chi connectivity index (χ3n) is 5.78. The number of hydrogen-bond acceptors (Lipinski definition) is 4. The van der Waals surface area contributed by atoms with Crippen molar-refractivity contribution >= 4 is 19.6 Å². The summed E-state index contributed by atoms with van der Waals surface area (Å²) in [4.78, 5) is 17.9. The van der Waals surface area contributed by atoms with E-state index in [2.05, 4.69) is 11.4 Å². The van der Waals surface area contributed by atoms with Crippen LogP contribution in [0.3, 0.4) is 0 Å². The minimum absolute atomic E-state index is 0.224. The maximum Gasteiger partial charge on any atom is 0.472 e. The molecule has 0 heterocycles. The Morgan fingerprint density at radius 2 is 1.38 bits per heavy atom. The van der Waals surface area contributed by atoms with Crippen molar-refractivity contribution in [3.63, 3.8) is 0 Å². The topological polar surface area (TPSA) is 87.0 Å². The normalized spacial score (nSPS) is 22.8. The molecule has 1 aliphatic rings. The van der Waals surface area contributed by atoms with Crippen LogP contribution in [0.25, 0.3) is 0 Å². The van der Waals surface area contributed by atoms with Gasteiger partial charge in [0.25, 0.3) is 0 Å². The van der Waals surface area contributed by atoms with E-state index in [1.807, 2.05) is 11.8 Å². The fourth-order valence-electron chi connectivity index (χ4n) is 4.16. The first-order valence-corrected chi connectivity index (χ1v) is 14.5. The molecule has 0 amide bonds. The van der Waals surface area contributed by atoms with Crippen LogP contribution in [0.5, 0.6) is 0 Å². The predicted octanol–water partition coefficient (Wildman–Crippen LogP) is 6.94. The molecule has 3 N–H and O–H groups in total. The SMILES string of the molecule is CCCCCCCCCCCCCCCCS[C@@H]1CCC[C@](O)(OP(=O)(O)O)C1. The Balaban J connectivity index is 1.90. The lowest BCUT2D eigenvalue weighted by molar-refractivity contribution is -0.167. The number of phosphoric ester groups is 1. The highest BCUT2D eigenvalue weighted by Gasteiger charge is 2.40. The number of unbranched alkanes of at least 4 members (excludes halogenated alkanes) is 13. The second kappa shape index (κ2) is 16.1. The maximum atomic E-state index is 11.0. The predicted molar refractivity (Wildman–Crippen MR) is 123 cm³/mol. The number of phosphoric acid groups is 1. The first-order chi connectivity index (χ1) is 13.8. The van der Waals surface area contributed by atoms with Crippen molar-refractivity contribution in [3.05, 3.63) is 0 Å². The second-order valence-electron chi connectivity index (χ2n) is 8.71. The van der Waals surface area contributed by atoms with Crippen LogP contribution in [0.15, 0.2) is 0 Å². The van der Waals surface area contributed by atoms with Crippen LogP contribution in [0, 0.1) is 0 Å². The van der Waals surface area contributed by atoms with Gasteiger partial charge in [0, 0.05) is 18.1 Å². The van der Waals surface area contributed by atoms with Crippen molar-refractivity contribution in [3.8, 4) is 0 Å². The van der Waals surface area contributed by atoms with Gasteiger partial charge in [-0.15, -0.1) is 0 Å². The molecule has 7 heteroatoms. The summed E-state index contributed by atoms with van der Waals surface area (Å²) in [6.07, 6.45) is 21.3. The van der Waals surface area contributed by atoms with E-state index in [0.717, 1.165) is 18.6 Å². The molecule has 2 atom stereocenters. The Bertz CT molecular complexity index is 445. The van der Waals surface area contributed by atoms with Gasteiger partial charge in [0.1, 0.15) is 0 Å². The average Bonchev–Trinajstić information content (AvgIpc) is 2.63. The molecule has 0 unspecified atom stereocenters. The Hall–Kier alpha value is 0.420. The van der Waals surface area contributed by atoms with E-state index in [4.69, 9.17) is 9.79 Å². The highest BCUT2D eigenvalue weighted by atomic mass is 32.2. The molecule has 174 valence electrons. The lowest BCUT2D eigenvalue weighted by Crippen LogP contribution is -2.38. The molecule has 0 saturated heterocycles. The van der Waals surface area contributed by atoms with Gasteiger partial charge in [0.15, 0.2) is 5.79 Å². The highest BCUT2D eigenvalue weighted by Crippen LogP contribution is 2.47. The molecule has 0 aromatic rings. The van der Waals surface area contributed by atoms with Crippen molar-refractivity contribution in [2.75, 3.05) is 5.75 Å². The van der Waals surface area contributed by atoms with Gasteiger partial charge in [-0.25, -0.2) is 4.57 Å². The van der Waals surface area contributed by atoms with Crippen LogP contribution >= 0.6 is 19.6 Å². The van der Waals surface area contributed by atoms with Gasteiger partial charge >= 0.3 is 7.82 Å².